The van der Waals surface area contributed by atoms with Gasteiger partial charge in [-0.25, -0.2) is 0 Å². The van der Waals surface area contributed by atoms with Crippen molar-refractivity contribution < 1.29 is 19.0 Å². The minimum atomic E-state index is -0.595. The fraction of sp³-hybridized carbons (Fsp3) is 0.111. The van der Waals surface area contributed by atoms with Gasteiger partial charge in [-0.1, -0.05) is 0 Å². The van der Waals surface area contributed by atoms with E-state index in [2.05, 4.69) is 4.98 Å². The van der Waals surface area contributed by atoms with Gasteiger partial charge in [-0.15, -0.1) is 0 Å². The number of nitrogen functional groups attached to an aromatic ring is 1. The van der Waals surface area contributed by atoms with Crippen LogP contribution in [0.3, 0.4) is 0 Å². The van der Waals surface area contributed by atoms with Crippen LogP contribution in [0.2, 0.25) is 0 Å². The topological polar surface area (TPSA) is 110 Å². The summed E-state index contributed by atoms with van der Waals surface area (Å²) in [6, 6.07) is 10.0. The maximum absolute atomic E-state index is 11.7. The number of fused-ring (bicyclic) bond motifs is 1. The lowest BCUT2D eigenvalue weighted by molar-refractivity contribution is 0.0997. The van der Waals surface area contributed by atoms with Crippen molar-refractivity contribution in [3.63, 3.8) is 0 Å². The van der Waals surface area contributed by atoms with Crippen molar-refractivity contribution in [2.24, 2.45) is 5.73 Å². The van der Waals surface area contributed by atoms with Crippen LogP contribution in [0.25, 0.3) is 10.9 Å². The minimum absolute atomic E-state index is 0.253. The lowest BCUT2D eigenvalue weighted by Crippen LogP contribution is -2.12. The van der Waals surface area contributed by atoms with Gasteiger partial charge >= 0.3 is 0 Å². The van der Waals surface area contributed by atoms with Gasteiger partial charge in [0, 0.05) is 23.7 Å². The van der Waals surface area contributed by atoms with Crippen molar-refractivity contribution in [2.45, 2.75) is 0 Å². The van der Waals surface area contributed by atoms with Gasteiger partial charge < -0.3 is 25.7 Å². The Kier molecular flexibility index (Phi) is 4.30. The maximum atomic E-state index is 11.7. The second-order valence-electron chi connectivity index (χ2n) is 5.25. The molecule has 1 amide bonds. The van der Waals surface area contributed by atoms with Crippen LogP contribution in [-0.4, -0.2) is 25.1 Å². The molecule has 1 heterocycles. The Morgan fingerprint density at radius 2 is 1.76 bits per heavy atom. The predicted octanol–water partition coefficient (Wildman–Crippen LogP) is 2.73. The second-order valence-corrected chi connectivity index (χ2v) is 5.25. The Morgan fingerprint density at radius 3 is 2.44 bits per heavy atom. The summed E-state index contributed by atoms with van der Waals surface area (Å²) in [5, 5.41) is 0.632. The van der Waals surface area contributed by atoms with Crippen LogP contribution < -0.4 is 25.7 Å². The van der Waals surface area contributed by atoms with Crippen molar-refractivity contribution in [1.82, 2.24) is 4.98 Å². The molecule has 0 saturated heterocycles. The monoisotopic (exact) mass is 339 g/mol. The molecule has 1 aromatic heterocycles. The zero-order chi connectivity index (χ0) is 18.0. The summed E-state index contributed by atoms with van der Waals surface area (Å²) in [4.78, 5) is 15.9. The minimum Gasteiger partial charge on any atom is -0.496 e. The molecule has 0 aliphatic carbocycles. The number of aromatic nitrogens is 1. The van der Waals surface area contributed by atoms with Crippen LogP contribution in [0.4, 0.5) is 5.69 Å². The Labute approximate surface area is 144 Å². The molecule has 0 atom stereocenters. The number of nitrogens with two attached hydrogens (primary N) is 2. The van der Waals surface area contributed by atoms with Crippen LogP contribution in [0.15, 0.2) is 42.6 Å². The Bertz CT molecular complexity index is 956. The second kappa shape index (κ2) is 6.56. The molecular weight excluding hydrogens is 322 g/mol. The predicted molar refractivity (Wildman–Crippen MR) is 94.3 cm³/mol. The van der Waals surface area contributed by atoms with E-state index in [1.165, 1.54) is 14.2 Å². The van der Waals surface area contributed by atoms with Gasteiger partial charge in [0.15, 0.2) is 0 Å². The van der Waals surface area contributed by atoms with Crippen molar-refractivity contribution in [3.05, 3.63) is 48.2 Å². The molecular formula is C18H17N3O4. The van der Waals surface area contributed by atoms with Gasteiger partial charge in [0.2, 0.25) is 0 Å². The highest BCUT2D eigenvalue weighted by atomic mass is 16.5. The number of rotatable bonds is 5. The molecule has 7 nitrogen and oxygen atoms in total. The molecule has 3 rings (SSSR count). The summed E-state index contributed by atoms with van der Waals surface area (Å²) < 4.78 is 16.3. The number of anilines is 1. The number of benzene rings is 2. The molecule has 25 heavy (non-hydrogen) atoms. The maximum Gasteiger partial charge on any atom is 0.252 e. The number of carbonyl (C=O) groups is 1. The zero-order valence-electron chi connectivity index (χ0n) is 13.8. The molecule has 2 aromatic carbocycles. The third-order valence-corrected chi connectivity index (χ3v) is 3.72. The molecule has 0 radical (unpaired) electrons. The highest BCUT2D eigenvalue weighted by Gasteiger charge is 2.14. The first-order chi connectivity index (χ1) is 12.0. The summed E-state index contributed by atoms with van der Waals surface area (Å²) in [5.41, 5.74) is 12.6. The lowest BCUT2D eigenvalue weighted by Gasteiger charge is -2.13. The summed E-state index contributed by atoms with van der Waals surface area (Å²) in [6.45, 7) is 0. The van der Waals surface area contributed by atoms with E-state index in [4.69, 9.17) is 25.7 Å². The van der Waals surface area contributed by atoms with Crippen LogP contribution >= 0.6 is 0 Å². The first kappa shape index (κ1) is 16.4. The number of carbonyl (C=O) groups excluding carboxylic acids is 1. The molecule has 4 N–H and O–H groups in total. The highest BCUT2D eigenvalue weighted by Crippen LogP contribution is 2.35. The van der Waals surface area contributed by atoms with E-state index in [0.717, 1.165) is 0 Å². The quantitative estimate of drug-likeness (QED) is 0.692. The van der Waals surface area contributed by atoms with Gasteiger partial charge in [-0.2, -0.15) is 0 Å². The lowest BCUT2D eigenvalue weighted by atomic mass is 10.1. The summed E-state index contributed by atoms with van der Waals surface area (Å²) in [6.07, 6.45) is 1.61. The Morgan fingerprint density at radius 1 is 1.00 bits per heavy atom. The van der Waals surface area contributed by atoms with Crippen molar-refractivity contribution in [2.75, 3.05) is 20.0 Å². The molecule has 7 heteroatoms. The van der Waals surface area contributed by atoms with Crippen molar-refractivity contribution in [1.29, 1.82) is 0 Å². The number of pyridine rings is 1. The third kappa shape index (κ3) is 3.12. The average molecular weight is 339 g/mol. The van der Waals surface area contributed by atoms with Crippen LogP contribution in [0.1, 0.15) is 10.4 Å². The zero-order valence-corrected chi connectivity index (χ0v) is 13.8. The van der Waals surface area contributed by atoms with Crippen LogP contribution in [0, 0.1) is 0 Å². The van der Waals surface area contributed by atoms with E-state index in [1.807, 2.05) is 0 Å². The number of methoxy groups -OCH3 is 2. The van der Waals surface area contributed by atoms with E-state index in [9.17, 15) is 4.79 Å². The van der Waals surface area contributed by atoms with Gasteiger partial charge in [0.25, 0.3) is 5.91 Å². The first-order valence-electron chi connectivity index (χ1n) is 7.41. The summed E-state index contributed by atoms with van der Waals surface area (Å²) >= 11 is 0. The number of hydrogen-bond acceptors (Lipinski definition) is 6. The standard InChI is InChI=1S/C18H17N3O4/c1-23-16-9-14-11(8-12(16)18(20)22)15(5-6-21-14)25-10-3-4-13(19)17(7-10)24-2/h3-9H,19H2,1-2H3,(H2,20,22). The molecule has 3 aromatic rings. The van der Waals surface area contributed by atoms with E-state index in [1.54, 1.807) is 42.6 Å². The largest absolute Gasteiger partial charge is 0.496 e. The summed E-state index contributed by atoms with van der Waals surface area (Å²) in [5.74, 6) is 1.33. The number of primary amides is 1. The average Bonchev–Trinajstić information content (AvgIpc) is 2.62. The van der Waals surface area contributed by atoms with E-state index in [0.29, 0.717) is 39.6 Å². The normalized spacial score (nSPS) is 10.5. The Hall–Kier alpha value is -3.48. The first-order valence-corrected chi connectivity index (χ1v) is 7.41. The van der Waals surface area contributed by atoms with Crippen LogP contribution in [-0.2, 0) is 0 Å². The number of amides is 1. The van der Waals surface area contributed by atoms with Crippen LogP contribution in [0.5, 0.6) is 23.0 Å². The highest BCUT2D eigenvalue weighted by molar-refractivity contribution is 6.01. The fourth-order valence-corrected chi connectivity index (χ4v) is 2.48. The molecule has 0 bridgehead atoms. The van der Waals surface area contributed by atoms with Crippen molar-refractivity contribution >= 4 is 22.5 Å². The Balaban J connectivity index is 2.10. The molecule has 0 unspecified atom stereocenters. The molecule has 0 fully saturated rings. The number of ether oxygens (including phenoxy) is 3. The third-order valence-electron chi connectivity index (χ3n) is 3.72. The van der Waals surface area contributed by atoms with Gasteiger partial charge in [0.1, 0.15) is 23.0 Å². The van der Waals surface area contributed by atoms with Crippen molar-refractivity contribution in [3.8, 4) is 23.0 Å². The van der Waals surface area contributed by atoms with E-state index < -0.39 is 5.91 Å². The SMILES string of the molecule is COc1cc(Oc2ccnc3cc(OC)c(C(N)=O)cc23)ccc1N. The van der Waals surface area contributed by atoms with Gasteiger partial charge in [0.05, 0.1) is 31.0 Å². The molecule has 0 aliphatic rings. The molecule has 128 valence electrons. The molecule has 0 spiro atoms. The molecule has 0 aliphatic heterocycles. The fourth-order valence-electron chi connectivity index (χ4n) is 2.48. The smallest absolute Gasteiger partial charge is 0.252 e. The summed E-state index contributed by atoms with van der Waals surface area (Å²) in [7, 11) is 3.00. The van der Waals surface area contributed by atoms with E-state index >= 15 is 0 Å². The van der Waals surface area contributed by atoms with E-state index in [-0.39, 0.29) is 5.56 Å². The number of hydrogen-bond donors (Lipinski definition) is 2. The van der Waals surface area contributed by atoms with Gasteiger partial charge in [-0.05, 0) is 24.3 Å². The number of nitrogens with zero attached hydrogens (tertiary/aromatic N) is 1. The molecule has 0 saturated carbocycles. The van der Waals surface area contributed by atoms with Gasteiger partial charge in [-0.3, -0.25) is 9.78 Å².